The Morgan fingerprint density at radius 1 is 0.955 bits per heavy atom. The lowest BCUT2D eigenvalue weighted by molar-refractivity contribution is 0.0860. The SMILES string of the molecule is CCCCCCCC1NC1(CC)CO[Si](CCC)(OC)OC. The zero-order chi connectivity index (χ0) is 16.5. The smallest absolute Gasteiger partial charge is 0.377 e. The highest BCUT2D eigenvalue weighted by Gasteiger charge is 2.53. The van der Waals surface area contributed by atoms with Gasteiger partial charge in [-0.25, -0.2) is 0 Å². The highest BCUT2D eigenvalue weighted by Crippen LogP contribution is 2.35. The third-order valence-corrected chi connectivity index (χ3v) is 7.94. The van der Waals surface area contributed by atoms with Crippen LogP contribution in [-0.4, -0.2) is 41.2 Å². The van der Waals surface area contributed by atoms with Gasteiger partial charge in [-0.2, -0.15) is 0 Å². The van der Waals surface area contributed by atoms with Gasteiger partial charge in [0.1, 0.15) is 0 Å². The summed E-state index contributed by atoms with van der Waals surface area (Å²) in [5, 5.41) is 3.67. The Morgan fingerprint density at radius 2 is 1.64 bits per heavy atom. The van der Waals surface area contributed by atoms with E-state index in [9.17, 15) is 0 Å². The van der Waals surface area contributed by atoms with E-state index >= 15 is 0 Å². The molecule has 1 saturated heterocycles. The maximum Gasteiger partial charge on any atom is 0.500 e. The summed E-state index contributed by atoms with van der Waals surface area (Å²) in [6, 6.07) is 1.50. The zero-order valence-electron chi connectivity index (χ0n) is 15.4. The van der Waals surface area contributed by atoms with Gasteiger partial charge in [-0.3, -0.25) is 0 Å². The van der Waals surface area contributed by atoms with E-state index in [1.165, 1.54) is 38.5 Å². The minimum absolute atomic E-state index is 0.161. The van der Waals surface area contributed by atoms with Crippen LogP contribution in [0.4, 0.5) is 0 Å². The van der Waals surface area contributed by atoms with E-state index in [1.54, 1.807) is 14.2 Å². The van der Waals surface area contributed by atoms with Crippen molar-refractivity contribution in [1.82, 2.24) is 5.32 Å². The van der Waals surface area contributed by atoms with Gasteiger partial charge in [-0.1, -0.05) is 59.3 Å². The summed E-state index contributed by atoms with van der Waals surface area (Å²) in [6.07, 6.45) is 10.1. The molecule has 132 valence electrons. The Bertz CT molecular complexity index is 300. The molecule has 1 rings (SSSR count). The molecular formula is C17H37NO3Si. The van der Waals surface area contributed by atoms with Crippen LogP contribution in [0.15, 0.2) is 0 Å². The second-order valence-electron chi connectivity index (χ2n) is 6.54. The molecule has 0 aliphatic carbocycles. The number of nitrogens with one attached hydrogen (secondary N) is 1. The molecule has 0 saturated carbocycles. The molecule has 22 heavy (non-hydrogen) atoms. The molecule has 0 amide bonds. The molecule has 4 nitrogen and oxygen atoms in total. The fourth-order valence-electron chi connectivity index (χ4n) is 3.22. The first-order chi connectivity index (χ1) is 10.6. The lowest BCUT2D eigenvalue weighted by Gasteiger charge is -2.28. The summed E-state index contributed by atoms with van der Waals surface area (Å²) < 4.78 is 17.4. The maximum absolute atomic E-state index is 6.19. The fraction of sp³-hybridized carbons (Fsp3) is 1.00. The molecule has 0 spiro atoms. The van der Waals surface area contributed by atoms with E-state index in [4.69, 9.17) is 13.3 Å². The zero-order valence-corrected chi connectivity index (χ0v) is 16.4. The molecule has 1 heterocycles. The number of hydrogen-bond donors (Lipinski definition) is 1. The first-order valence-corrected chi connectivity index (χ1v) is 11.1. The third-order valence-electron chi connectivity index (χ3n) is 5.00. The monoisotopic (exact) mass is 331 g/mol. The van der Waals surface area contributed by atoms with Gasteiger partial charge in [0.15, 0.2) is 0 Å². The van der Waals surface area contributed by atoms with Crippen molar-refractivity contribution in [3.05, 3.63) is 0 Å². The van der Waals surface area contributed by atoms with Gasteiger partial charge < -0.3 is 18.6 Å². The van der Waals surface area contributed by atoms with Crippen molar-refractivity contribution < 1.29 is 13.3 Å². The van der Waals surface area contributed by atoms with E-state index in [0.717, 1.165) is 25.5 Å². The average molecular weight is 332 g/mol. The largest absolute Gasteiger partial charge is 0.500 e. The Labute approximate surface area is 138 Å². The summed E-state index contributed by atoms with van der Waals surface area (Å²) in [7, 11) is 0.988. The van der Waals surface area contributed by atoms with Crippen LogP contribution < -0.4 is 5.32 Å². The van der Waals surface area contributed by atoms with Crippen LogP contribution in [0.25, 0.3) is 0 Å². The Kier molecular flexibility index (Phi) is 9.17. The predicted octanol–water partition coefficient (Wildman–Crippen LogP) is 4.13. The van der Waals surface area contributed by atoms with Crippen LogP contribution in [0, 0.1) is 0 Å². The van der Waals surface area contributed by atoms with Gasteiger partial charge in [-0.15, -0.1) is 0 Å². The van der Waals surface area contributed by atoms with Crippen LogP contribution >= 0.6 is 0 Å². The number of rotatable bonds is 14. The minimum Gasteiger partial charge on any atom is -0.377 e. The predicted molar refractivity (Wildman–Crippen MR) is 94.1 cm³/mol. The van der Waals surface area contributed by atoms with Gasteiger partial charge in [-0.05, 0) is 12.8 Å². The summed E-state index contributed by atoms with van der Waals surface area (Å²) in [5.41, 5.74) is 0.161. The Morgan fingerprint density at radius 3 is 2.18 bits per heavy atom. The van der Waals surface area contributed by atoms with Crippen molar-refractivity contribution in [2.45, 2.75) is 89.8 Å². The lowest BCUT2D eigenvalue weighted by Crippen LogP contribution is -2.46. The Hall–Kier alpha value is 0.0569. The summed E-state index contributed by atoms with van der Waals surface area (Å²) in [4.78, 5) is 0. The third kappa shape index (κ3) is 5.60. The minimum atomic E-state index is -2.45. The molecule has 0 aromatic heterocycles. The second kappa shape index (κ2) is 10.0. The number of unbranched alkanes of at least 4 members (excludes halogenated alkanes) is 4. The molecule has 0 aromatic carbocycles. The summed E-state index contributed by atoms with van der Waals surface area (Å²) >= 11 is 0. The lowest BCUT2D eigenvalue weighted by atomic mass is 9.98. The van der Waals surface area contributed by atoms with Crippen LogP contribution in [0.3, 0.4) is 0 Å². The average Bonchev–Trinajstić information content (AvgIpc) is 3.25. The van der Waals surface area contributed by atoms with Crippen LogP contribution in [0.1, 0.15) is 72.1 Å². The first-order valence-electron chi connectivity index (χ1n) is 9.14. The summed E-state index contributed by atoms with van der Waals surface area (Å²) in [5.74, 6) is 0. The fourth-order valence-corrected chi connectivity index (χ4v) is 5.27. The molecule has 1 aliphatic rings. The van der Waals surface area contributed by atoms with Gasteiger partial charge >= 0.3 is 8.80 Å². The topological polar surface area (TPSA) is 49.6 Å². The molecule has 0 bridgehead atoms. The van der Waals surface area contributed by atoms with Gasteiger partial charge in [0.05, 0.1) is 12.1 Å². The number of hydrogen-bond acceptors (Lipinski definition) is 4. The van der Waals surface area contributed by atoms with Crippen molar-refractivity contribution in [1.29, 1.82) is 0 Å². The molecule has 0 radical (unpaired) electrons. The van der Waals surface area contributed by atoms with E-state index < -0.39 is 8.80 Å². The van der Waals surface area contributed by atoms with Crippen molar-refractivity contribution >= 4 is 8.80 Å². The quantitative estimate of drug-likeness (QED) is 0.295. The normalized spacial score (nSPS) is 24.7. The van der Waals surface area contributed by atoms with E-state index in [-0.39, 0.29) is 5.54 Å². The molecule has 1 fully saturated rings. The van der Waals surface area contributed by atoms with Gasteiger partial charge in [0.2, 0.25) is 0 Å². The highest BCUT2D eigenvalue weighted by atomic mass is 28.4. The van der Waals surface area contributed by atoms with Crippen LogP contribution in [-0.2, 0) is 13.3 Å². The summed E-state index contributed by atoms with van der Waals surface area (Å²) in [6.45, 7) is 7.38. The molecule has 2 unspecified atom stereocenters. The molecule has 5 heteroatoms. The van der Waals surface area contributed by atoms with Crippen molar-refractivity contribution in [3.63, 3.8) is 0 Å². The van der Waals surface area contributed by atoms with Crippen molar-refractivity contribution in [2.75, 3.05) is 20.8 Å². The molecule has 1 aliphatic heterocycles. The first kappa shape index (κ1) is 20.1. The molecular weight excluding hydrogens is 294 g/mol. The van der Waals surface area contributed by atoms with Crippen molar-refractivity contribution in [2.24, 2.45) is 0 Å². The van der Waals surface area contributed by atoms with Crippen molar-refractivity contribution in [3.8, 4) is 0 Å². The van der Waals surface area contributed by atoms with Crippen LogP contribution in [0.2, 0.25) is 6.04 Å². The van der Waals surface area contributed by atoms with E-state index in [0.29, 0.717) is 6.04 Å². The second-order valence-corrected chi connectivity index (χ2v) is 9.51. The van der Waals surface area contributed by atoms with Gasteiger partial charge in [0, 0.05) is 26.3 Å². The van der Waals surface area contributed by atoms with Crippen LogP contribution in [0.5, 0.6) is 0 Å². The van der Waals surface area contributed by atoms with Gasteiger partial charge in [0.25, 0.3) is 0 Å². The molecule has 2 atom stereocenters. The Balaban J connectivity index is 2.36. The van der Waals surface area contributed by atoms with E-state index in [1.807, 2.05) is 0 Å². The highest BCUT2D eigenvalue weighted by molar-refractivity contribution is 6.60. The molecule has 0 aromatic rings. The standard InChI is InChI=1S/C17H37NO3Si/c1-6-9-10-11-12-13-16-17(8-3,18-16)15-21-22(19-4,20-5)14-7-2/h16,18H,6-15H2,1-5H3. The maximum atomic E-state index is 6.19. The molecule has 1 N–H and O–H groups in total. The van der Waals surface area contributed by atoms with E-state index in [2.05, 4.69) is 26.1 Å².